The number of aryl methyl sites for hydroxylation is 1. The fourth-order valence-corrected chi connectivity index (χ4v) is 0.954. The van der Waals surface area contributed by atoms with E-state index in [0.717, 1.165) is 11.6 Å². The van der Waals surface area contributed by atoms with Crippen molar-refractivity contribution in [1.29, 1.82) is 0 Å². The smallest absolute Gasteiger partial charge is 0.387 e. The molecule has 15 heavy (non-hydrogen) atoms. The van der Waals surface area contributed by atoms with Crippen molar-refractivity contribution in [2.24, 2.45) is 0 Å². The molecule has 0 bridgehead atoms. The normalized spacial score (nSPS) is 9.53. The SMILES string of the molecule is CC.CCc1ccc(F)c(OC(F)F)c1. The molecular formula is C11H15F3O. The summed E-state index contributed by atoms with van der Waals surface area (Å²) in [5.41, 5.74) is 0.761. The lowest BCUT2D eigenvalue weighted by Crippen LogP contribution is -2.04. The van der Waals surface area contributed by atoms with Crippen molar-refractivity contribution in [3.8, 4) is 5.75 Å². The van der Waals surface area contributed by atoms with Gasteiger partial charge in [0.05, 0.1) is 0 Å². The second-order valence-electron chi connectivity index (χ2n) is 2.50. The van der Waals surface area contributed by atoms with Gasteiger partial charge in [0, 0.05) is 0 Å². The summed E-state index contributed by atoms with van der Waals surface area (Å²) in [6.45, 7) is 2.86. The van der Waals surface area contributed by atoms with Gasteiger partial charge in [0.2, 0.25) is 0 Å². The van der Waals surface area contributed by atoms with Gasteiger partial charge in [-0.2, -0.15) is 8.78 Å². The molecule has 0 unspecified atom stereocenters. The molecule has 0 aliphatic heterocycles. The van der Waals surface area contributed by atoms with E-state index in [-0.39, 0.29) is 0 Å². The van der Waals surface area contributed by atoms with E-state index < -0.39 is 18.2 Å². The van der Waals surface area contributed by atoms with Crippen LogP contribution in [0.15, 0.2) is 18.2 Å². The first-order valence-corrected chi connectivity index (χ1v) is 4.86. The molecule has 0 aromatic heterocycles. The standard InChI is InChI=1S/C9H9F3O.C2H6/c1-2-6-3-4-7(10)8(5-6)13-9(11)12;1-2/h3-5,9H,2H2,1H3;1-2H3. The highest BCUT2D eigenvalue weighted by molar-refractivity contribution is 5.30. The minimum absolute atomic E-state index is 0.394. The van der Waals surface area contributed by atoms with Crippen LogP contribution < -0.4 is 4.74 Å². The Bertz CT molecular complexity index is 287. The average Bonchev–Trinajstić information content (AvgIpc) is 2.23. The molecule has 4 heteroatoms. The first-order chi connectivity index (χ1) is 7.13. The van der Waals surface area contributed by atoms with Gasteiger partial charge < -0.3 is 4.74 Å². The third-order valence-corrected chi connectivity index (χ3v) is 1.62. The van der Waals surface area contributed by atoms with Crippen molar-refractivity contribution in [2.75, 3.05) is 0 Å². The second-order valence-corrected chi connectivity index (χ2v) is 2.50. The van der Waals surface area contributed by atoms with E-state index in [1.165, 1.54) is 12.1 Å². The van der Waals surface area contributed by atoms with Gasteiger partial charge in [-0.1, -0.05) is 26.8 Å². The number of alkyl halides is 2. The van der Waals surface area contributed by atoms with Crippen LogP contribution in [0.25, 0.3) is 0 Å². The van der Waals surface area contributed by atoms with Crippen molar-refractivity contribution in [1.82, 2.24) is 0 Å². The molecule has 0 aliphatic carbocycles. The molecular weight excluding hydrogens is 205 g/mol. The zero-order chi connectivity index (χ0) is 11.8. The van der Waals surface area contributed by atoms with Crippen LogP contribution in [0.3, 0.4) is 0 Å². The van der Waals surface area contributed by atoms with Crippen LogP contribution in [0.2, 0.25) is 0 Å². The van der Waals surface area contributed by atoms with Gasteiger partial charge in [-0.25, -0.2) is 4.39 Å². The van der Waals surface area contributed by atoms with Crippen molar-refractivity contribution >= 4 is 0 Å². The summed E-state index contributed by atoms with van der Waals surface area (Å²) in [4.78, 5) is 0. The molecule has 0 N–H and O–H groups in total. The average molecular weight is 220 g/mol. The van der Waals surface area contributed by atoms with Gasteiger partial charge in [0.15, 0.2) is 11.6 Å². The summed E-state index contributed by atoms with van der Waals surface area (Å²) in [5.74, 6) is -1.16. The van der Waals surface area contributed by atoms with Crippen molar-refractivity contribution in [3.63, 3.8) is 0 Å². The molecule has 1 aromatic rings. The fraction of sp³-hybridized carbons (Fsp3) is 0.455. The van der Waals surface area contributed by atoms with Gasteiger partial charge >= 0.3 is 6.61 Å². The number of rotatable bonds is 3. The Hall–Kier alpha value is -1.19. The highest BCUT2D eigenvalue weighted by atomic mass is 19.3. The van der Waals surface area contributed by atoms with E-state index in [2.05, 4.69) is 4.74 Å². The molecule has 1 aromatic carbocycles. The molecule has 1 nitrogen and oxygen atoms in total. The lowest BCUT2D eigenvalue weighted by atomic mass is 10.1. The van der Waals surface area contributed by atoms with Crippen molar-refractivity contribution in [3.05, 3.63) is 29.6 Å². The number of ether oxygens (including phenoxy) is 1. The third-order valence-electron chi connectivity index (χ3n) is 1.62. The van der Waals surface area contributed by atoms with Crippen LogP contribution in [0, 0.1) is 5.82 Å². The number of halogens is 3. The van der Waals surface area contributed by atoms with E-state index in [0.29, 0.717) is 6.42 Å². The van der Waals surface area contributed by atoms with Crippen LogP contribution in [-0.4, -0.2) is 6.61 Å². The minimum Gasteiger partial charge on any atom is -0.432 e. The Labute approximate surface area is 87.9 Å². The summed E-state index contributed by atoms with van der Waals surface area (Å²) >= 11 is 0. The van der Waals surface area contributed by atoms with Gasteiger partial charge in [0.1, 0.15) is 0 Å². The predicted molar refractivity (Wildman–Crippen MR) is 53.8 cm³/mol. The molecule has 0 spiro atoms. The fourth-order valence-electron chi connectivity index (χ4n) is 0.954. The highest BCUT2D eigenvalue weighted by Crippen LogP contribution is 2.20. The van der Waals surface area contributed by atoms with Crippen LogP contribution in [0.5, 0.6) is 5.75 Å². The van der Waals surface area contributed by atoms with E-state index in [1.807, 2.05) is 20.8 Å². The Morgan fingerprint density at radius 2 is 1.87 bits per heavy atom. The molecule has 0 heterocycles. The summed E-state index contributed by atoms with van der Waals surface area (Å²) in [6, 6.07) is 3.94. The molecule has 0 amide bonds. The summed E-state index contributed by atoms with van der Waals surface area (Å²) in [7, 11) is 0. The molecule has 0 aliphatic rings. The van der Waals surface area contributed by atoms with Crippen molar-refractivity contribution < 1.29 is 17.9 Å². The lowest BCUT2D eigenvalue weighted by molar-refractivity contribution is -0.0522. The summed E-state index contributed by atoms with van der Waals surface area (Å²) in [5, 5.41) is 0. The topological polar surface area (TPSA) is 9.23 Å². The second kappa shape index (κ2) is 7.15. The number of hydrogen-bond donors (Lipinski definition) is 0. The zero-order valence-corrected chi connectivity index (χ0v) is 9.06. The van der Waals surface area contributed by atoms with E-state index in [9.17, 15) is 13.2 Å². The van der Waals surface area contributed by atoms with E-state index in [4.69, 9.17) is 0 Å². The maximum absolute atomic E-state index is 12.8. The predicted octanol–water partition coefficient (Wildman–Crippen LogP) is 4.02. The summed E-state index contributed by atoms with van der Waals surface area (Å²) < 4.78 is 40.3. The van der Waals surface area contributed by atoms with Gasteiger partial charge in [-0.15, -0.1) is 0 Å². The van der Waals surface area contributed by atoms with E-state index >= 15 is 0 Å². The van der Waals surface area contributed by atoms with Crippen LogP contribution in [0.4, 0.5) is 13.2 Å². The molecule has 86 valence electrons. The Morgan fingerprint density at radius 1 is 1.27 bits per heavy atom. The van der Waals surface area contributed by atoms with E-state index in [1.54, 1.807) is 0 Å². The zero-order valence-electron chi connectivity index (χ0n) is 9.06. The Morgan fingerprint density at radius 3 is 2.33 bits per heavy atom. The molecule has 1 rings (SSSR count). The Balaban J connectivity index is 0.000000921. The maximum atomic E-state index is 12.8. The number of hydrogen-bond acceptors (Lipinski definition) is 1. The van der Waals surface area contributed by atoms with Gasteiger partial charge in [-0.05, 0) is 24.1 Å². The van der Waals surface area contributed by atoms with Gasteiger partial charge in [-0.3, -0.25) is 0 Å². The molecule has 0 fully saturated rings. The quantitative estimate of drug-likeness (QED) is 0.747. The molecule has 0 saturated carbocycles. The number of benzene rings is 1. The van der Waals surface area contributed by atoms with Gasteiger partial charge in [0.25, 0.3) is 0 Å². The van der Waals surface area contributed by atoms with Crippen LogP contribution >= 0.6 is 0 Å². The molecule has 0 saturated heterocycles. The van der Waals surface area contributed by atoms with Crippen LogP contribution in [-0.2, 0) is 6.42 Å². The lowest BCUT2D eigenvalue weighted by Gasteiger charge is -2.06. The first-order valence-electron chi connectivity index (χ1n) is 4.86. The molecule has 0 atom stereocenters. The largest absolute Gasteiger partial charge is 0.432 e. The third kappa shape index (κ3) is 4.72. The molecule has 0 radical (unpaired) electrons. The monoisotopic (exact) mass is 220 g/mol. The Kier molecular flexibility index (Phi) is 6.58. The maximum Gasteiger partial charge on any atom is 0.387 e. The van der Waals surface area contributed by atoms with Crippen molar-refractivity contribution in [2.45, 2.75) is 33.8 Å². The summed E-state index contributed by atoms with van der Waals surface area (Å²) in [6.07, 6.45) is 0.653. The first kappa shape index (κ1) is 13.8. The minimum atomic E-state index is -2.98. The highest BCUT2D eigenvalue weighted by Gasteiger charge is 2.09. The van der Waals surface area contributed by atoms with Crippen LogP contribution in [0.1, 0.15) is 26.3 Å².